The van der Waals surface area contributed by atoms with Crippen LogP contribution in [0.1, 0.15) is 37.0 Å². The number of aryl methyl sites for hydroxylation is 1. The molecule has 1 aliphatic rings. The molecule has 0 aliphatic carbocycles. The fourth-order valence-corrected chi connectivity index (χ4v) is 3.97. The van der Waals surface area contributed by atoms with Gasteiger partial charge in [-0.3, -0.25) is 0 Å². The van der Waals surface area contributed by atoms with Crippen LogP contribution in [0.4, 0.5) is 22.0 Å². The van der Waals surface area contributed by atoms with Gasteiger partial charge in [-0.15, -0.1) is 0 Å². The van der Waals surface area contributed by atoms with Gasteiger partial charge in [0.05, 0.1) is 19.3 Å². The maximum atomic E-state index is 14.1. The van der Waals surface area contributed by atoms with Gasteiger partial charge in [0.2, 0.25) is 0 Å². The molecule has 0 bridgehead atoms. The summed E-state index contributed by atoms with van der Waals surface area (Å²) >= 11 is 0. The molecule has 0 amide bonds. The van der Waals surface area contributed by atoms with E-state index in [0.717, 1.165) is 24.1 Å². The SMILES string of the molecule is CCc1cc(F)c(OCC2CCC(c3ccc(-c4cc(F)c(F)c(F)c4)cc3)OC2)c(F)c1. The Hall–Kier alpha value is -2.93. The summed E-state index contributed by atoms with van der Waals surface area (Å²) in [4.78, 5) is 0. The van der Waals surface area contributed by atoms with Gasteiger partial charge in [-0.1, -0.05) is 31.2 Å². The van der Waals surface area contributed by atoms with Crippen molar-refractivity contribution in [1.82, 2.24) is 0 Å². The molecule has 0 N–H and O–H groups in total. The predicted octanol–water partition coefficient (Wildman–Crippen LogP) is 7.16. The first-order chi connectivity index (χ1) is 15.9. The van der Waals surface area contributed by atoms with E-state index in [1.54, 1.807) is 24.3 Å². The van der Waals surface area contributed by atoms with E-state index < -0.39 is 29.1 Å². The number of hydrogen-bond acceptors (Lipinski definition) is 2. The monoisotopic (exact) mass is 462 g/mol. The van der Waals surface area contributed by atoms with Crippen LogP contribution in [0, 0.1) is 35.0 Å². The molecule has 4 rings (SSSR count). The zero-order chi connectivity index (χ0) is 23.5. The highest BCUT2D eigenvalue weighted by atomic mass is 19.2. The normalized spacial score (nSPS) is 18.4. The molecule has 2 atom stereocenters. The highest BCUT2D eigenvalue weighted by molar-refractivity contribution is 5.64. The minimum atomic E-state index is -1.49. The van der Waals surface area contributed by atoms with Crippen molar-refractivity contribution in [1.29, 1.82) is 0 Å². The lowest BCUT2D eigenvalue weighted by atomic mass is 9.94. The molecule has 3 aromatic rings. The van der Waals surface area contributed by atoms with Crippen molar-refractivity contribution in [2.24, 2.45) is 5.92 Å². The van der Waals surface area contributed by atoms with Crippen molar-refractivity contribution >= 4 is 0 Å². The number of rotatable bonds is 6. The maximum Gasteiger partial charge on any atom is 0.194 e. The standard InChI is InChI=1S/C26H23F5O2/c1-2-15-9-22(29)26(23(30)10-15)33-14-16-3-8-24(32-13-16)18-6-4-17(5-7-18)19-11-20(27)25(31)21(28)12-19/h4-7,9-12,16,24H,2-3,8,13-14H2,1H3. The molecule has 2 unspecified atom stereocenters. The van der Waals surface area contributed by atoms with E-state index in [0.29, 0.717) is 30.6 Å². The summed E-state index contributed by atoms with van der Waals surface area (Å²) in [7, 11) is 0. The Bertz CT molecular complexity index is 1080. The number of ether oxygens (including phenoxy) is 2. The van der Waals surface area contributed by atoms with Crippen LogP contribution < -0.4 is 4.74 Å². The van der Waals surface area contributed by atoms with Gasteiger partial charge in [0, 0.05) is 5.92 Å². The summed E-state index contributed by atoms with van der Waals surface area (Å²) in [5.41, 5.74) is 2.26. The summed E-state index contributed by atoms with van der Waals surface area (Å²) in [5.74, 6) is -5.75. The highest BCUT2D eigenvalue weighted by Crippen LogP contribution is 2.33. The van der Waals surface area contributed by atoms with E-state index >= 15 is 0 Å². The van der Waals surface area contributed by atoms with E-state index in [9.17, 15) is 22.0 Å². The van der Waals surface area contributed by atoms with Gasteiger partial charge in [0.15, 0.2) is 34.8 Å². The van der Waals surface area contributed by atoms with Crippen LogP contribution in [-0.4, -0.2) is 13.2 Å². The van der Waals surface area contributed by atoms with Gasteiger partial charge < -0.3 is 9.47 Å². The smallest absolute Gasteiger partial charge is 0.194 e. The Morgan fingerprint density at radius 1 is 0.818 bits per heavy atom. The summed E-state index contributed by atoms with van der Waals surface area (Å²) < 4.78 is 79.7. The predicted molar refractivity (Wildman–Crippen MR) is 114 cm³/mol. The molecule has 1 heterocycles. The van der Waals surface area contributed by atoms with Crippen molar-refractivity contribution in [3.05, 3.63) is 88.7 Å². The van der Waals surface area contributed by atoms with Crippen LogP contribution in [-0.2, 0) is 11.2 Å². The van der Waals surface area contributed by atoms with Crippen molar-refractivity contribution < 1.29 is 31.4 Å². The largest absolute Gasteiger partial charge is 0.487 e. The Morgan fingerprint density at radius 3 is 2.00 bits per heavy atom. The average molecular weight is 462 g/mol. The van der Waals surface area contributed by atoms with Gasteiger partial charge in [0.1, 0.15) is 0 Å². The van der Waals surface area contributed by atoms with Gasteiger partial charge >= 0.3 is 0 Å². The lowest BCUT2D eigenvalue weighted by molar-refractivity contribution is -0.0291. The van der Waals surface area contributed by atoms with Gasteiger partial charge in [-0.25, -0.2) is 22.0 Å². The molecule has 7 heteroatoms. The third-order valence-corrected chi connectivity index (χ3v) is 5.90. The molecular weight excluding hydrogens is 439 g/mol. The molecule has 0 aromatic heterocycles. The quantitative estimate of drug-likeness (QED) is 0.286. The molecular formula is C26H23F5O2. The first kappa shape index (κ1) is 23.2. The summed E-state index contributed by atoms with van der Waals surface area (Å²) in [5, 5.41) is 0. The molecule has 2 nitrogen and oxygen atoms in total. The van der Waals surface area contributed by atoms with E-state index in [4.69, 9.17) is 9.47 Å². The zero-order valence-corrected chi connectivity index (χ0v) is 18.0. The van der Waals surface area contributed by atoms with Gasteiger partial charge in [0.25, 0.3) is 0 Å². The first-order valence-corrected chi connectivity index (χ1v) is 10.8. The minimum absolute atomic E-state index is 0.00431. The Labute approximate surface area is 189 Å². The molecule has 0 spiro atoms. The molecule has 174 valence electrons. The van der Waals surface area contributed by atoms with Crippen LogP contribution in [0.5, 0.6) is 5.75 Å². The van der Waals surface area contributed by atoms with E-state index in [-0.39, 0.29) is 29.9 Å². The van der Waals surface area contributed by atoms with Crippen molar-refractivity contribution in [3.63, 3.8) is 0 Å². The van der Waals surface area contributed by atoms with Gasteiger partial charge in [-0.05, 0) is 65.8 Å². The summed E-state index contributed by atoms with van der Waals surface area (Å²) in [6, 6.07) is 11.5. The van der Waals surface area contributed by atoms with E-state index in [1.807, 2.05) is 6.92 Å². The zero-order valence-electron chi connectivity index (χ0n) is 18.0. The molecule has 0 saturated carbocycles. The molecule has 0 radical (unpaired) electrons. The molecule has 3 aromatic carbocycles. The minimum Gasteiger partial charge on any atom is -0.487 e. The van der Waals surface area contributed by atoms with Crippen LogP contribution in [0.2, 0.25) is 0 Å². The summed E-state index contributed by atoms with van der Waals surface area (Å²) in [6.45, 7) is 2.34. The van der Waals surface area contributed by atoms with Crippen LogP contribution >= 0.6 is 0 Å². The van der Waals surface area contributed by atoms with Crippen molar-refractivity contribution in [2.75, 3.05) is 13.2 Å². The maximum absolute atomic E-state index is 14.1. The topological polar surface area (TPSA) is 18.5 Å². The fraction of sp³-hybridized carbons (Fsp3) is 0.308. The second-order valence-electron chi connectivity index (χ2n) is 8.19. The van der Waals surface area contributed by atoms with Crippen LogP contribution in [0.25, 0.3) is 11.1 Å². The molecule has 33 heavy (non-hydrogen) atoms. The third-order valence-electron chi connectivity index (χ3n) is 5.90. The Balaban J connectivity index is 1.34. The van der Waals surface area contributed by atoms with Crippen LogP contribution in [0.3, 0.4) is 0 Å². The number of hydrogen-bond donors (Lipinski definition) is 0. The first-order valence-electron chi connectivity index (χ1n) is 10.8. The third kappa shape index (κ3) is 5.19. The highest BCUT2D eigenvalue weighted by Gasteiger charge is 2.24. The Kier molecular flexibility index (Phi) is 6.98. The van der Waals surface area contributed by atoms with Crippen molar-refractivity contribution in [2.45, 2.75) is 32.3 Å². The fourth-order valence-electron chi connectivity index (χ4n) is 3.97. The number of halogens is 5. The van der Waals surface area contributed by atoms with E-state index in [2.05, 4.69) is 0 Å². The molecule has 1 aliphatic heterocycles. The summed E-state index contributed by atoms with van der Waals surface area (Å²) in [6.07, 6.45) is 1.79. The second-order valence-corrected chi connectivity index (χ2v) is 8.19. The number of benzene rings is 3. The van der Waals surface area contributed by atoms with Crippen molar-refractivity contribution in [3.8, 4) is 16.9 Å². The average Bonchev–Trinajstić information content (AvgIpc) is 2.82. The second kappa shape index (κ2) is 9.91. The van der Waals surface area contributed by atoms with Crippen LogP contribution in [0.15, 0.2) is 48.5 Å². The Morgan fingerprint density at radius 2 is 1.45 bits per heavy atom. The lowest BCUT2D eigenvalue weighted by Crippen LogP contribution is -2.25. The van der Waals surface area contributed by atoms with E-state index in [1.165, 1.54) is 12.1 Å². The lowest BCUT2D eigenvalue weighted by Gasteiger charge is -2.29. The molecule has 1 fully saturated rings. The molecule has 1 saturated heterocycles. The van der Waals surface area contributed by atoms with Gasteiger partial charge in [-0.2, -0.15) is 0 Å².